The number of phosphoric acid groups is 1. The number of aliphatic hydroxyl groups excluding tert-OH is 7. The van der Waals surface area contributed by atoms with E-state index in [9.17, 15) is 50.0 Å². The summed E-state index contributed by atoms with van der Waals surface area (Å²) in [6.07, 6.45) is 11.8. The summed E-state index contributed by atoms with van der Waals surface area (Å²) >= 11 is 0. The van der Waals surface area contributed by atoms with Gasteiger partial charge < -0.3 is 46.0 Å². The first-order chi connectivity index (χ1) is 24.8. The molecule has 1 fully saturated rings. The summed E-state index contributed by atoms with van der Waals surface area (Å²) in [4.78, 5) is 23.3. The molecule has 1 rings (SSSR count). The van der Waals surface area contributed by atoms with Crippen molar-refractivity contribution in [1.82, 2.24) is 5.32 Å². The Hall–Kier alpha value is -0.700. The summed E-state index contributed by atoms with van der Waals surface area (Å²) in [5.41, 5.74) is 0. The molecule has 13 nitrogen and oxygen atoms in total. The van der Waals surface area contributed by atoms with Gasteiger partial charge in [0.05, 0.1) is 31.3 Å². The van der Waals surface area contributed by atoms with Gasteiger partial charge in [-0.05, 0) is 12.8 Å². The average Bonchev–Trinajstić information content (AvgIpc) is 3.11. The van der Waals surface area contributed by atoms with Crippen molar-refractivity contribution in [2.24, 2.45) is 0 Å². The van der Waals surface area contributed by atoms with Crippen molar-refractivity contribution in [3.8, 4) is 0 Å². The van der Waals surface area contributed by atoms with E-state index in [-0.39, 0.29) is 12.8 Å². The Balaban J connectivity index is 2.59. The molecule has 1 aliphatic rings. The van der Waals surface area contributed by atoms with E-state index in [0.29, 0.717) is 12.8 Å². The molecule has 14 heteroatoms. The van der Waals surface area contributed by atoms with Crippen LogP contribution in [0.2, 0.25) is 0 Å². The van der Waals surface area contributed by atoms with Crippen molar-refractivity contribution in [3.63, 3.8) is 0 Å². The predicted molar refractivity (Wildman–Crippen MR) is 201 cm³/mol. The molecule has 0 spiro atoms. The Morgan fingerprint density at radius 2 is 0.962 bits per heavy atom. The molecule has 0 aromatic heterocycles. The van der Waals surface area contributed by atoms with Crippen LogP contribution in [-0.4, -0.2) is 108 Å². The van der Waals surface area contributed by atoms with Gasteiger partial charge in [0.15, 0.2) is 0 Å². The van der Waals surface area contributed by atoms with Gasteiger partial charge in [0, 0.05) is 0 Å². The van der Waals surface area contributed by atoms with Crippen LogP contribution in [0.25, 0.3) is 0 Å². The number of amides is 1. The highest BCUT2D eigenvalue weighted by Gasteiger charge is 2.51. The first-order valence-corrected chi connectivity index (χ1v) is 22.1. The first-order valence-electron chi connectivity index (χ1n) is 20.6. The second-order valence-electron chi connectivity index (χ2n) is 15.0. The van der Waals surface area contributed by atoms with Crippen molar-refractivity contribution >= 4 is 13.7 Å². The quantitative estimate of drug-likeness (QED) is 0.0306. The normalized spacial score (nSPS) is 25.0. The van der Waals surface area contributed by atoms with Crippen LogP contribution in [0.5, 0.6) is 0 Å². The minimum absolute atomic E-state index is 0.218. The summed E-state index contributed by atoms with van der Waals surface area (Å²) in [5.74, 6) is -0.562. The highest BCUT2D eigenvalue weighted by atomic mass is 31.2. The summed E-state index contributed by atoms with van der Waals surface area (Å²) < 4.78 is 22.8. The highest BCUT2D eigenvalue weighted by Crippen LogP contribution is 2.47. The van der Waals surface area contributed by atoms with Crippen LogP contribution >= 0.6 is 7.82 Å². The maximum Gasteiger partial charge on any atom is 0.472 e. The Bertz CT molecular complexity index is 916. The number of hydrogen-bond donors (Lipinski definition) is 9. The fourth-order valence-electron chi connectivity index (χ4n) is 6.77. The van der Waals surface area contributed by atoms with E-state index in [2.05, 4.69) is 19.2 Å². The van der Waals surface area contributed by atoms with E-state index in [4.69, 9.17) is 9.05 Å². The van der Waals surface area contributed by atoms with Crippen LogP contribution in [0, 0.1) is 0 Å². The Labute approximate surface area is 313 Å². The summed E-state index contributed by atoms with van der Waals surface area (Å²) in [6.45, 7) is 3.73. The van der Waals surface area contributed by atoms with Gasteiger partial charge in [0.2, 0.25) is 5.91 Å². The molecule has 8 atom stereocenters. The number of nitrogens with one attached hydrogen (secondary N) is 1. The van der Waals surface area contributed by atoms with Gasteiger partial charge in [-0.15, -0.1) is 0 Å². The fourth-order valence-corrected chi connectivity index (χ4v) is 7.74. The van der Waals surface area contributed by atoms with Gasteiger partial charge in [0.25, 0.3) is 0 Å². The van der Waals surface area contributed by atoms with Crippen LogP contribution < -0.4 is 5.32 Å². The molecular formula is C38H76NO12P. The molecule has 0 aromatic rings. The van der Waals surface area contributed by atoms with Crippen LogP contribution in [0.1, 0.15) is 174 Å². The van der Waals surface area contributed by atoms with E-state index in [1.54, 1.807) is 0 Å². The molecule has 52 heavy (non-hydrogen) atoms. The standard InChI is InChI=1S/C38H76NO12P/c1-3-5-7-9-11-13-14-15-16-17-18-20-22-24-26-31(41)30(39-32(42)27-29(40)25-23-21-19-12-10-8-6-4-2)28-50-52(48,49)51-38-36(46)34(44)33(43)35(45)37(38)47/h29-31,33-38,40-41,43-47H,3-28H2,1-2H3,(H,39,42)(H,48,49). The zero-order valence-electron chi connectivity index (χ0n) is 32.2. The largest absolute Gasteiger partial charge is 0.472 e. The van der Waals surface area contributed by atoms with Gasteiger partial charge in [-0.3, -0.25) is 13.8 Å². The number of unbranched alkanes of at least 4 members (excludes halogenated alkanes) is 20. The molecule has 9 N–H and O–H groups in total. The summed E-state index contributed by atoms with van der Waals surface area (Å²) in [6, 6.07) is -1.15. The van der Waals surface area contributed by atoms with Gasteiger partial charge in [-0.25, -0.2) is 4.57 Å². The maximum absolute atomic E-state index is 12.9. The van der Waals surface area contributed by atoms with Crippen LogP contribution in [0.4, 0.5) is 0 Å². The molecule has 0 radical (unpaired) electrons. The predicted octanol–water partition coefficient (Wildman–Crippen LogP) is 5.31. The molecule has 0 aromatic carbocycles. The number of rotatable bonds is 33. The smallest absolute Gasteiger partial charge is 0.393 e. The van der Waals surface area contributed by atoms with E-state index in [0.717, 1.165) is 51.4 Å². The molecule has 0 aliphatic heterocycles. The van der Waals surface area contributed by atoms with Gasteiger partial charge in [0.1, 0.15) is 36.6 Å². The Morgan fingerprint density at radius 1 is 0.596 bits per heavy atom. The second kappa shape index (κ2) is 29.6. The molecule has 310 valence electrons. The summed E-state index contributed by atoms with van der Waals surface area (Å²) in [5, 5.41) is 74.2. The van der Waals surface area contributed by atoms with Crippen LogP contribution in [0.15, 0.2) is 0 Å². The number of carbonyl (C=O) groups excluding carboxylic acids is 1. The van der Waals surface area contributed by atoms with Crippen molar-refractivity contribution in [2.45, 2.75) is 229 Å². The summed E-state index contributed by atoms with van der Waals surface area (Å²) in [7, 11) is -5.10. The molecule has 0 saturated heterocycles. The van der Waals surface area contributed by atoms with E-state index in [1.165, 1.54) is 83.5 Å². The van der Waals surface area contributed by atoms with Crippen molar-refractivity contribution in [1.29, 1.82) is 0 Å². The zero-order chi connectivity index (χ0) is 38.8. The van der Waals surface area contributed by atoms with Crippen molar-refractivity contribution in [3.05, 3.63) is 0 Å². The molecular weight excluding hydrogens is 693 g/mol. The number of phosphoric ester groups is 1. The number of hydrogen-bond acceptors (Lipinski definition) is 11. The van der Waals surface area contributed by atoms with Gasteiger partial charge in [-0.2, -0.15) is 0 Å². The monoisotopic (exact) mass is 770 g/mol. The number of aliphatic hydroxyl groups is 7. The minimum atomic E-state index is -5.10. The third kappa shape index (κ3) is 22.0. The Kier molecular flexibility index (Phi) is 28.0. The average molecular weight is 770 g/mol. The third-order valence-electron chi connectivity index (χ3n) is 10.2. The lowest BCUT2D eigenvalue weighted by atomic mass is 9.85. The number of carbonyl (C=O) groups is 1. The molecule has 0 heterocycles. The van der Waals surface area contributed by atoms with Crippen molar-refractivity contribution < 1.29 is 59.0 Å². The van der Waals surface area contributed by atoms with E-state index in [1.807, 2.05) is 0 Å². The lowest BCUT2D eigenvalue weighted by Gasteiger charge is -2.41. The lowest BCUT2D eigenvalue weighted by molar-refractivity contribution is -0.220. The third-order valence-corrected chi connectivity index (χ3v) is 11.2. The van der Waals surface area contributed by atoms with Crippen LogP contribution in [0.3, 0.4) is 0 Å². The van der Waals surface area contributed by atoms with Crippen molar-refractivity contribution in [2.75, 3.05) is 6.61 Å². The van der Waals surface area contributed by atoms with Gasteiger partial charge in [-0.1, -0.05) is 155 Å². The van der Waals surface area contributed by atoms with Gasteiger partial charge >= 0.3 is 7.82 Å². The van der Waals surface area contributed by atoms with E-state index < -0.39 is 75.2 Å². The molecule has 1 amide bonds. The van der Waals surface area contributed by atoms with E-state index >= 15 is 0 Å². The van der Waals surface area contributed by atoms with Crippen LogP contribution in [-0.2, 0) is 18.4 Å². The fraction of sp³-hybridized carbons (Fsp3) is 0.974. The molecule has 1 aliphatic carbocycles. The first kappa shape index (κ1) is 49.3. The molecule has 0 bridgehead atoms. The SMILES string of the molecule is CCCCCCCCCCCCCCCCC(O)C(COP(=O)(O)OC1C(O)C(O)C(O)C(O)C1O)NC(=O)CC(O)CCCCCCCCCC. The lowest BCUT2D eigenvalue weighted by Crippen LogP contribution is -2.64. The zero-order valence-corrected chi connectivity index (χ0v) is 33.1. The maximum atomic E-state index is 12.9. The molecule has 1 saturated carbocycles. The second-order valence-corrected chi connectivity index (χ2v) is 16.4. The molecule has 8 unspecified atom stereocenters. The highest BCUT2D eigenvalue weighted by molar-refractivity contribution is 7.47. The topological polar surface area (TPSA) is 226 Å². The Morgan fingerprint density at radius 3 is 1.38 bits per heavy atom. The minimum Gasteiger partial charge on any atom is -0.393 e.